The van der Waals surface area contributed by atoms with Crippen LogP contribution in [0, 0.1) is 0 Å². The minimum Gasteiger partial charge on any atom is -0.508 e. The molecule has 1 aliphatic heterocycles. The minimum atomic E-state index is -0.671. The zero-order valence-corrected chi connectivity index (χ0v) is 27.3. The van der Waals surface area contributed by atoms with Gasteiger partial charge in [0.25, 0.3) is 0 Å². The maximum Gasteiger partial charge on any atom is 0.228 e. The zero-order valence-electron chi connectivity index (χ0n) is 26.5. The van der Waals surface area contributed by atoms with Crippen molar-refractivity contribution in [1.82, 2.24) is 0 Å². The Balaban J connectivity index is 1.25. The number of aliphatic hydroxyl groups excluding tert-OH is 1. The summed E-state index contributed by atoms with van der Waals surface area (Å²) in [6, 6.07) is 39.8. The van der Waals surface area contributed by atoms with E-state index in [2.05, 4.69) is 17.4 Å². The molecule has 244 valence electrons. The van der Waals surface area contributed by atoms with Gasteiger partial charge in [0.15, 0.2) is 12.1 Å². The van der Waals surface area contributed by atoms with Crippen LogP contribution in [0.15, 0.2) is 132 Å². The third-order valence-corrected chi connectivity index (χ3v) is 9.49. The number of aliphatic hydroxyl groups is 1. The number of anilines is 1. The van der Waals surface area contributed by atoms with Crippen molar-refractivity contribution in [3.63, 3.8) is 0 Å². The quantitative estimate of drug-likeness (QED) is 0.0975. The molecule has 7 nitrogen and oxygen atoms in total. The number of phenolic OH excluding ortho intramolecular Hbond substituents is 1. The molecule has 1 fully saturated rings. The third kappa shape index (κ3) is 8.21. The van der Waals surface area contributed by atoms with Crippen molar-refractivity contribution in [3.05, 3.63) is 161 Å². The summed E-state index contributed by atoms with van der Waals surface area (Å²) in [5.74, 6) is 0.486. The molecule has 0 bridgehead atoms. The van der Waals surface area contributed by atoms with E-state index in [4.69, 9.17) is 9.47 Å². The first kappa shape index (κ1) is 33.2. The van der Waals surface area contributed by atoms with Crippen LogP contribution in [-0.4, -0.2) is 33.8 Å². The second kappa shape index (κ2) is 15.4. The Labute approximate surface area is 284 Å². The summed E-state index contributed by atoms with van der Waals surface area (Å²) in [5, 5.41) is 22.3. The van der Waals surface area contributed by atoms with E-state index in [1.807, 2.05) is 78.9 Å². The lowest BCUT2D eigenvalue weighted by molar-refractivity contribution is -0.255. The van der Waals surface area contributed by atoms with E-state index in [1.54, 1.807) is 48.2 Å². The Kier molecular flexibility index (Phi) is 10.7. The van der Waals surface area contributed by atoms with Crippen LogP contribution >= 0.6 is 11.8 Å². The second-order valence-corrected chi connectivity index (χ2v) is 12.9. The SMILES string of the molecule is CC(=O)c1cccc(NC(=O)Cc2ccc(C3O[C@H](CSc4ccc(O)cc4)[C@@H](c4ccccc4)[C@H](c4ccc(CO)cc4)O3)cc2)c1. The Morgan fingerprint density at radius 2 is 1.44 bits per heavy atom. The number of ketones is 1. The van der Waals surface area contributed by atoms with Gasteiger partial charge in [-0.1, -0.05) is 91.0 Å². The number of phenols is 1. The van der Waals surface area contributed by atoms with Gasteiger partial charge in [-0.15, -0.1) is 11.8 Å². The average molecular weight is 660 g/mol. The van der Waals surface area contributed by atoms with E-state index in [0.717, 1.165) is 32.7 Å². The molecule has 1 saturated heterocycles. The van der Waals surface area contributed by atoms with E-state index < -0.39 is 6.29 Å². The predicted molar refractivity (Wildman–Crippen MR) is 187 cm³/mol. The summed E-state index contributed by atoms with van der Waals surface area (Å²) in [4.78, 5) is 25.6. The van der Waals surface area contributed by atoms with Crippen LogP contribution in [-0.2, 0) is 27.3 Å². The van der Waals surface area contributed by atoms with Crippen molar-refractivity contribution in [3.8, 4) is 5.75 Å². The molecule has 0 spiro atoms. The normalized spacial score (nSPS) is 19.0. The predicted octanol–water partition coefficient (Wildman–Crippen LogP) is 8.00. The number of Topliss-reactive ketones (excluding diaryl/α,β-unsaturated/α-hetero) is 1. The molecule has 1 unspecified atom stereocenters. The molecule has 48 heavy (non-hydrogen) atoms. The molecule has 1 aliphatic rings. The van der Waals surface area contributed by atoms with Crippen molar-refractivity contribution >= 4 is 29.1 Å². The smallest absolute Gasteiger partial charge is 0.228 e. The fraction of sp³-hybridized carbons (Fsp3) is 0.200. The number of benzene rings is 5. The number of hydrogen-bond donors (Lipinski definition) is 3. The number of amides is 1. The van der Waals surface area contributed by atoms with Crippen LogP contribution in [0.4, 0.5) is 5.69 Å². The molecule has 0 radical (unpaired) electrons. The lowest BCUT2D eigenvalue weighted by Gasteiger charge is -2.43. The maximum absolute atomic E-state index is 12.8. The Morgan fingerprint density at radius 3 is 2.12 bits per heavy atom. The van der Waals surface area contributed by atoms with Crippen LogP contribution in [0.3, 0.4) is 0 Å². The summed E-state index contributed by atoms with van der Waals surface area (Å²) < 4.78 is 13.6. The van der Waals surface area contributed by atoms with E-state index in [0.29, 0.717) is 17.0 Å². The summed E-state index contributed by atoms with van der Waals surface area (Å²) in [6.07, 6.45) is -1.10. The van der Waals surface area contributed by atoms with E-state index >= 15 is 0 Å². The molecule has 3 N–H and O–H groups in total. The largest absolute Gasteiger partial charge is 0.508 e. The maximum atomic E-state index is 12.8. The number of hydrogen-bond acceptors (Lipinski definition) is 7. The molecular weight excluding hydrogens is 623 g/mol. The highest BCUT2D eigenvalue weighted by molar-refractivity contribution is 7.99. The zero-order chi connectivity index (χ0) is 33.5. The van der Waals surface area contributed by atoms with Gasteiger partial charge in [0.1, 0.15) is 5.75 Å². The first-order valence-electron chi connectivity index (χ1n) is 15.8. The van der Waals surface area contributed by atoms with Crippen LogP contribution in [0.2, 0.25) is 0 Å². The second-order valence-electron chi connectivity index (χ2n) is 11.8. The molecule has 4 atom stereocenters. The highest BCUT2D eigenvalue weighted by Gasteiger charge is 2.41. The fourth-order valence-corrected chi connectivity index (χ4v) is 6.84. The number of nitrogens with one attached hydrogen (secondary N) is 1. The van der Waals surface area contributed by atoms with E-state index in [9.17, 15) is 19.8 Å². The van der Waals surface area contributed by atoms with Crippen molar-refractivity contribution in [2.45, 2.75) is 49.3 Å². The molecule has 5 aromatic rings. The number of thioether (sulfide) groups is 1. The number of rotatable bonds is 11. The summed E-state index contributed by atoms with van der Waals surface area (Å²) in [5.41, 5.74) is 5.68. The van der Waals surface area contributed by atoms with Gasteiger partial charge in [-0.2, -0.15) is 0 Å². The Bertz CT molecular complexity index is 1830. The molecule has 5 aromatic carbocycles. The molecule has 6 rings (SSSR count). The Morgan fingerprint density at radius 1 is 0.750 bits per heavy atom. The summed E-state index contributed by atoms with van der Waals surface area (Å²) in [7, 11) is 0. The van der Waals surface area contributed by atoms with Gasteiger partial charge in [-0.25, -0.2) is 0 Å². The first-order chi connectivity index (χ1) is 23.4. The molecule has 0 saturated carbocycles. The van der Waals surface area contributed by atoms with Gasteiger partial charge < -0.3 is 25.0 Å². The van der Waals surface area contributed by atoms with Gasteiger partial charge in [-0.3, -0.25) is 9.59 Å². The Hall–Kier alpha value is -4.73. The van der Waals surface area contributed by atoms with Crippen molar-refractivity contribution in [2.24, 2.45) is 0 Å². The van der Waals surface area contributed by atoms with Gasteiger partial charge in [0.05, 0.1) is 25.2 Å². The standard InChI is InChI=1S/C40H37NO6S/c1-26(43)32-8-5-9-33(23-32)41-37(45)22-27-10-16-31(17-11-27)40-46-36(25-48-35-20-18-34(44)19-21-35)38(29-6-3-2-4-7-29)39(47-40)30-14-12-28(24-42)13-15-30/h2-21,23,36,38-40,42,44H,22,24-25H2,1H3,(H,41,45)/t36-,38-,39+,40?/m1/s1. The van der Waals surface area contributed by atoms with Crippen molar-refractivity contribution in [1.29, 1.82) is 0 Å². The summed E-state index contributed by atoms with van der Waals surface area (Å²) in [6.45, 7) is 1.46. The third-order valence-electron chi connectivity index (χ3n) is 8.39. The molecule has 0 aromatic heterocycles. The molecule has 8 heteroatoms. The summed E-state index contributed by atoms with van der Waals surface area (Å²) >= 11 is 1.66. The van der Waals surface area contributed by atoms with Crippen LogP contribution in [0.1, 0.15) is 63.4 Å². The molecule has 1 heterocycles. The van der Waals surface area contributed by atoms with Crippen LogP contribution < -0.4 is 5.32 Å². The number of aromatic hydroxyl groups is 1. The molecule has 0 aliphatic carbocycles. The van der Waals surface area contributed by atoms with E-state index in [-0.39, 0.29) is 48.6 Å². The monoisotopic (exact) mass is 659 g/mol. The van der Waals surface area contributed by atoms with Crippen LogP contribution in [0.5, 0.6) is 5.75 Å². The van der Waals surface area contributed by atoms with Gasteiger partial charge in [-0.05, 0) is 65.6 Å². The van der Waals surface area contributed by atoms with Crippen LogP contribution in [0.25, 0.3) is 0 Å². The number of ether oxygens (including phenoxy) is 2. The highest BCUT2D eigenvalue weighted by atomic mass is 32.2. The average Bonchev–Trinajstić information content (AvgIpc) is 3.12. The van der Waals surface area contributed by atoms with Gasteiger partial charge in [0.2, 0.25) is 5.91 Å². The topological polar surface area (TPSA) is 105 Å². The van der Waals surface area contributed by atoms with Gasteiger partial charge >= 0.3 is 0 Å². The lowest BCUT2D eigenvalue weighted by atomic mass is 9.84. The highest BCUT2D eigenvalue weighted by Crippen LogP contribution is 2.48. The number of carbonyl (C=O) groups is 2. The minimum absolute atomic E-state index is 0.0410. The molecule has 1 amide bonds. The van der Waals surface area contributed by atoms with E-state index in [1.165, 1.54) is 6.92 Å². The number of carbonyl (C=O) groups excluding carboxylic acids is 2. The lowest BCUT2D eigenvalue weighted by Crippen LogP contribution is -2.38. The van der Waals surface area contributed by atoms with Crippen molar-refractivity contribution < 1.29 is 29.3 Å². The van der Waals surface area contributed by atoms with Crippen molar-refractivity contribution in [2.75, 3.05) is 11.1 Å². The van der Waals surface area contributed by atoms with Gasteiger partial charge in [0, 0.05) is 33.4 Å². The molecular formula is C40H37NO6S. The first-order valence-corrected chi connectivity index (χ1v) is 16.8. The fourth-order valence-electron chi connectivity index (χ4n) is 5.87.